The summed E-state index contributed by atoms with van der Waals surface area (Å²) in [5.41, 5.74) is -5.15. The SMILES string of the molecule is CC(=O)Nc1ncnc2c1ncn2[C@@H]1O[C@H](COC(c2ccccc2)(c2ccccc2)c2ccccc2)[C@@H](OS(=O)(=O)C(F)(F)F)[C@H]1OC(c1ccccc1)(c1ccccc1)c1ccccc1. The first-order valence-electron chi connectivity index (χ1n) is 21.2. The van der Waals surface area contributed by atoms with Gasteiger partial charge in [0.15, 0.2) is 23.2 Å². The number of imidazole rings is 1. The van der Waals surface area contributed by atoms with E-state index >= 15 is 0 Å². The highest BCUT2D eigenvalue weighted by molar-refractivity contribution is 7.87. The second-order valence-corrected chi connectivity index (χ2v) is 17.3. The fourth-order valence-corrected chi connectivity index (χ4v) is 9.34. The molecule has 0 aliphatic carbocycles. The van der Waals surface area contributed by atoms with Crippen LogP contribution in [-0.2, 0) is 44.5 Å². The molecule has 1 aliphatic rings. The molecule has 4 atom stereocenters. The minimum absolute atomic E-state index is 0.0459. The van der Waals surface area contributed by atoms with Gasteiger partial charge in [-0.3, -0.25) is 13.5 Å². The molecular weight excluding hydrogens is 884 g/mol. The van der Waals surface area contributed by atoms with Crippen molar-refractivity contribution in [3.63, 3.8) is 0 Å². The van der Waals surface area contributed by atoms with Gasteiger partial charge in [0.2, 0.25) is 5.91 Å². The Morgan fingerprint density at radius 1 is 0.627 bits per heavy atom. The van der Waals surface area contributed by atoms with Crippen LogP contribution in [0.1, 0.15) is 46.5 Å². The number of carbonyl (C=O) groups excluding carboxylic acids is 1. The average Bonchev–Trinajstić information content (AvgIpc) is 3.93. The summed E-state index contributed by atoms with van der Waals surface area (Å²) < 4.78 is 99.5. The van der Waals surface area contributed by atoms with Gasteiger partial charge in [0, 0.05) is 6.92 Å². The van der Waals surface area contributed by atoms with E-state index in [0.29, 0.717) is 33.4 Å². The molecule has 0 saturated carbocycles. The summed E-state index contributed by atoms with van der Waals surface area (Å²) in [4.78, 5) is 25.4. The van der Waals surface area contributed by atoms with Crippen molar-refractivity contribution in [2.45, 2.75) is 48.2 Å². The lowest BCUT2D eigenvalue weighted by atomic mass is 9.79. The molecule has 0 spiro atoms. The van der Waals surface area contributed by atoms with Gasteiger partial charge in [-0.15, -0.1) is 0 Å². The number of fused-ring (bicyclic) bond motifs is 1. The third-order valence-corrected chi connectivity index (χ3v) is 12.6. The first-order chi connectivity index (χ1) is 32.4. The van der Waals surface area contributed by atoms with Crippen molar-refractivity contribution >= 4 is 33.0 Å². The van der Waals surface area contributed by atoms with Crippen LogP contribution in [0.4, 0.5) is 19.0 Å². The van der Waals surface area contributed by atoms with E-state index in [2.05, 4.69) is 20.3 Å². The van der Waals surface area contributed by atoms with Crippen molar-refractivity contribution < 1.29 is 44.8 Å². The van der Waals surface area contributed by atoms with E-state index in [9.17, 15) is 26.4 Å². The van der Waals surface area contributed by atoms with Crippen LogP contribution in [0.5, 0.6) is 0 Å². The summed E-state index contributed by atoms with van der Waals surface area (Å²) in [6.45, 7) is 0.736. The lowest BCUT2D eigenvalue weighted by Crippen LogP contribution is -2.48. The Labute approximate surface area is 384 Å². The van der Waals surface area contributed by atoms with E-state index in [1.165, 1.54) is 24.1 Å². The first kappa shape index (κ1) is 45.1. The Bertz CT molecular complexity index is 2850. The fourth-order valence-electron chi connectivity index (χ4n) is 8.71. The molecule has 0 unspecified atom stereocenters. The number of halogens is 3. The number of nitrogens with one attached hydrogen (secondary N) is 1. The van der Waals surface area contributed by atoms with Crippen LogP contribution in [0.25, 0.3) is 11.2 Å². The minimum Gasteiger partial charge on any atom is -0.358 e. The van der Waals surface area contributed by atoms with E-state index in [0.717, 1.165) is 0 Å². The highest BCUT2D eigenvalue weighted by Crippen LogP contribution is 2.49. The van der Waals surface area contributed by atoms with E-state index < -0.39 is 63.9 Å². The van der Waals surface area contributed by atoms with Crippen LogP contribution < -0.4 is 5.32 Å². The van der Waals surface area contributed by atoms with Crippen LogP contribution in [0, 0.1) is 0 Å². The fraction of sp³-hybridized carbons (Fsp3) is 0.176. The number of carbonyl (C=O) groups is 1. The highest BCUT2D eigenvalue weighted by Gasteiger charge is 2.58. The maximum Gasteiger partial charge on any atom is 0.523 e. The number of hydrogen-bond donors (Lipinski definition) is 1. The Hall–Kier alpha value is -7.08. The van der Waals surface area contributed by atoms with E-state index in [-0.39, 0.29) is 17.0 Å². The number of rotatable bonds is 15. The molecule has 16 heteroatoms. The third kappa shape index (κ3) is 8.61. The molecule has 12 nitrogen and oxygen atoms in total. The van der Waals surface area contributed by atoms with Gasteiger partial charge in [-0.2, -0.15) is 21.6 Å². The maximum atomic E-state index is 14.7. The Morgan fingerprint density at radius 3 is 1.45 bits per heavy atom. The van der Waals surface area contributed by atoms with Crippen molar-refractivity contribution in [2.75, 3.05) is 11.9 Å². The molecule has 0 bridgehead atoms. The summed E-state index contributed by atoms with van der Waals surface area (Å²) in [6, 6.07) is 54.8. The van der Waals surface area contributed by atoms with Crippen molar-refractivity contribution in [1.29, 1.82) is 0 Å². The molecule has 1 amide bonds. The first-order valence-corrected chi connectivity index (χ1v) is 22.6. The molecule has 1 aliphatic heterocycles. The molecule has 1 fully saturated rings. The number of alkyl halides is 3. The van der Waals surface area contributed by atoms with Crippen molar-refractivity contribution in [2.24, 2.45) is 0 Å². The average molecular weight is 926 g/mol. The van der Waals surface area contributed by atoms with Gasteiger partial charge in [0.05, 0.1) is 12.9 Å². The number of anilines is 1. The number of aromatic nitrogens is 4. The molecule has 1 N–H and O–H groups in total. The van der Waals surface area contributed by atoms with Crippen LogP contribution in [0.2, 0.25) is 0 Å². The van der Waals surface area contributed by atoms with Gasteiger partial charge in [-0.05, 0) is 33.4 Å². The third-order valence-electron chi connectivity index (χ3n) is 11.6. The Morgan fingerprint density at radius 2 is 1.04 bits per heavy atom. The second-order valence-electron chi connectivity index (χ2n) is 15.7. The minimum atomic E-state index is -6.38. The number of hydrogen-bond acceptors (Lipinski definition) is 10. The van der Waals surface area contributed by atoms with Crippen molar-refractivity contribution in [3.8, 4) is 0 Å². The number of amides is 1. The van der Waals surface area contributed by atoms with Crippen LogP contribution in [0.3, 0.4) is 0 Å². The van der Waals surface area contributed by atoms with E-state index in [1.807, 2.05) is 109 Å². The smallest absolute Gasteiger partial charge is 0.358 e. The number of nitrogens with zero attached hydrogens (tertiary/aromatic N) is 4. The summed E-state index contributed by atoms with van der Waals surface area (Å²) in [5.74, 6) is -0.405. The van der Waals surface area contributed by atoms with Crippen molar-refractivity contribution in [1.82, 2.24) is 19.5 Å². The maximum absolute atomic E-state index is 14.7. The lowest BCUT2D eigenvalue weighted by molar-refractivity contribution is -0.122. The van der Waals surface area contributed by atoms with Crippen LogP contribution >= 0.6 is 0 Å². The quantitative estimate of drug-likeness (QED) is 0.0600. The van der Waals surface area contributed by atoms with Gasteiger partial charge in [-0.1, -0.05) is 182 Å². The van der Waals surface area contributed by atoms with E-state index in [4.69, 9.17) is 18.4 Å². The van der Waals surface area contributed by atoms with Crippen molar-refractivity contribution in [3.05, 3.63) is 228 Å². The Balaban J connectivity index is 1.28. The summed E-state index contributed by atoms with van der Waals surface area (Å²) in [5, 5.41) is 2.63. The normalized spacial score (nSPS) is 17.9. The topological polar surface area (TPSA) is 144 Å². The monoisotopic (exact) mass is 925 g/mol. The molecular formula is C51H42F3N5O7S. The molecule has 0 radical (unpaired) electrons. The van der Waals surface area contributed by atoms with Crippen LogP contribution in [-0.4, -0.2) is 64.3 Å². The largest absolute Gasteiger partial charge is 0.523 e. The van der Waals surface area contributed by atoms with Gasteiger partial charge < -0.3 is 19.5 Å². The van der Waals surface area contributed by atoms with Crippen LogP contribution in [0.15, 0.2) is 195 Å². The second kappa shape index (κ2) is 18.7. The zero-order chi connectivity index (χ0) is 46.7. The number of benzene rings is 6. The predicted octanol–water partition coefficient (Wildman–Crippen LogP) is 9.30. The lowest BCUT2D eigenvalue weighted by Gasteiger charge is -2.40. The Kier molecular flexibility index (Phi) is 12.6. The van der Waals surface area contributed by atoms with Gasteiger partial charge in [0.1, 0.15) is 35.8 Å². The summed E-state index contributed by atoms with van der Waals surface area (Å²) in [7, 11) is -6.38. The molecule has 340 valence electrons. The highest BCUT2D eigenvalue weighted by atomic mass is 32.2. The predicted molar refractivity (Wildman–Crippen MR) is 243 cm³/mol. The van der Waals surface area contributed by atoms with E-state index in [1.54, 1.807) is 72.8 Å². The molecule has 67 heavy (non-hydrogen) atoms. The molecule has 9 rings (SSSR count). The summed E-state index contributed by atoms with van der Waals surface area (Å²) >= 11 is 0. The molecule has 8 aromatic rings. The zero-order valence-corrected chi connectivity index (χ0v) is 36.5. The molecule has 1 saturated heterocycles. The number of ether oxygens (including phenoxy) is 3. The van der Waals surface area contributed by atoms with Gasteiger partial charge in [0.25, 0.3) is 0 Å². The standard InChI is InChI=1S/C51H42F3N5O7S/c1-35(60)58-46-43-47(56-33-55-46)59(34-57-43)48-45(65-50(39-26-14-5-15-27-39,40-28-16-6-17-29-40)41-30-18-7-19-31-41)44(66-67(61,62)51(52,53)54)42(64-48)32-63-49(36-20-8-2-9-21-36,37-22-10-3-11-23-37)38-24-12-4-13-25-38/h2-31,33-34,42,44-45,48H,32H2,1H3,(H,55,56,58,60)/t42-,44-,45-,48-/m1/s1. The summed E-state index contributed by atoms with van der Waals surface area (Å²) in [6.07, 6.45) is -4.46. The van der Waals surface area contributed by atoms with Gasteiger partial charge >= 0.3 is 15.6 Å². The molecule has 3 heterocycles. The zero-order valence-electron chi connectivity index (χ0n) is 35.7. The molecule has 2 aromatic heterocycles. The molecule has 6 aromatic carbocycles. The van der Waals surface area contributed by atoms with Gasteiger partial charge in [-0.25, -0.2) is 15.0 Å².